The summed E-state index contributed by atoms with van der Waals surface area (Å²) in [5.74, 6) is -0.560. The van der Waals surface area contributed by atoms with Gasteiger partial charge in [0, 0.05) is 26.0 Å². The lowest BCUT2D eigenvalue weighted by molar-refractivity contribution is -0.120. The molecule has 8 nitrogen and oxygen atoms in total. The molecule has 0 spiro atoms. The van der Waals surface area contributed by atoms with Crippen molar-refractivity contribution < 1.29 is 9.59 Å². The van der Waals surface area contributed by atoms with Crippen LogP contribution in [0.3, 0.4) is 0 Å². The van der Waals surface area contributed by atoms with Crippen LogP contribution in [0.5, 0.6) is 0 Å². The second-order valence-electron chi connectivity index (χ2n) is 4.60. The molecular formula is C13H18N6O2. The number of nitrogens with one attached hydrogen (secondary N) is 2. The Labute approximate surface area is 122 Å². The zero-order chi connectivity index (χ0) is 15.2. The highest BCUT2D eigenvalue weighted by atomic mass is 16.2. The molecule has 0 bridgehead atoms. The molecule has 2 rings (SSSR count). The Hall–Kier alpha value is -2.64. The molecule has 2 heterocycles. The van der Waals surface area contributed by atoms with E-state index in [1.54, 1.807) is 30.9 Å². The van der Waals surface area contributed by atoms with Gasteiger partial charge in [-0.05, 0) is 19.1 Å². The van der Waals surface area contributed by atoms with E-state index in [0.29, 0.717) is 18.8 Å². The van der Waals surface area contributed by atoms with Gasteiger partial charge in [0.15, 0.2) is 0 Å². The van der Waals surface area contributed by atoms with Gasteiger partial charge in [-0.2, -0.15) is 10.2 Å². The summed E-state index contributed by atoms with van der Waals surface area (Å²) in [6.07, 6.45) is 3.50. The fourth-order valence-corrected chi connectivity index (χ4v) is 1.88. The van der Waals surface area contributed by atoms with Crippen LogP contribution in [0.2, 0.25) is 0 Å². The third kappa shape index (κ3) is 4.16. The van der Waals surface area contributed by atoms with Crippen LogP contribution in [0.15, 0.2) is 24.5 Å². The molecule has 2 amide bonds. The van der Waals surface area contributed by atoms with Crippen LogP contribution in [0.1, 0.15) is 16.2 Å². The van der Waals surface area contributed by atoms with E-state index in [2.05, 4.69) is 20.8 Å². The SMILES string of the molecule is Cc1cc(C(=O)NCC(=O)NCCn2cccn2)n(C)n1. The maximum atomic E-state index is 11.9. The van der Waals surface area contributed by atoms with E-state index in [1.165, 1.54) is 4.68 Å². The molecule has 8 heteroatoms. The number of aromatic nitrogens is 4. The first kappa shape index (κ1) is 14.8. The number of nitrogens with zero attached hydrogens (tertiary/aromatic N) is 4. The van der Waals surface area contributed by atoms with Crippen molar-refractivity contribution in [2.24, 2.45) is 7.05 Å². The lowest BCUT2D eigenvalue weighted by atomic mass is 10.3. The number of hydrogen-bond acceptors (Lipinski definition) is 4. The van der Waals surface area contributed by atoms with Gasteiger partial charge in [0.1, 0.15) is 5.69 Å². The molecule has 112 valence electrons. The highest BCUT2D eigenvalue weighted by Crippen LogP contribution is 2.00. The van der Waals surface area contributed by atoms with Gasteiger partial charge in [0.2, 0.25) is 5.91 Å². The number of rotatable bonds is 6. The Morgan fingerprint density at radius 1 is 1.33 bits per heavy atom. The summed E-state index contributed by atoms with van der Waals surface area (Å²) in [6.45, 7) is 2.79. The quantitative estimate of drug-likeness (QED) is 0.748. The molecule has 21 heavy (non-hydrogen) atoms. The standard InChI is InChI=1S/C13H18N6O2/c1-10-8-11(18(2)17-10)13(21)15-9-12(20)14-5-7-19-6-3-4-16-19/h3-4,6,8H,5,7,9H2,1-2H3,(H,14,20)(H,15,21). The fourth-order valence-electron chi connectivity index (χ4n) is 1.88. The fraction of sp³-hybridized carbons (Fsp3) is 0.385. The van der Waals surface area contributed by atoms with Crippen molar-refractivity contribution in [3.05, 3.63) is 35.9 Å². The second kappa shape index (κ2) is 6.69. The first-order valence-electron chi connectivity index (χ1n) is 6.59. The molecule has 2 N–H and O–H groups in total. The first-order valence-corrected chi connectivity index (χ1v) is 6.59. The number of carbonyl (C=O) groups is 2. The van der Waals surface area contributed by atoms with Gasteiger partial charge < -0.3 is 10.6 Å². The lowest BCUT2D eigenvalue weighted by Crippen LogP contribution is -2.38. The third-order valence-electron chi connectivity index (χ3n) is 2.87. The van der Waals surface area contributed by atoms with Crippen LogP contribution in [-0.4, -0.2) is 44.5 Å². The molecule has 2 aromatic heterocycles. The van der Waals surface area contributed by atoms with Crippen molar-refractivity contribution in [3.63, 3.8) is 0 Å². The first-order chi connectivity index (χ1) is 10.1. The summed E-state index contributed by atoms with van der Waals surface area (Å²) in [5.41, 5.74) is 1.18. The second-order valence-corrected chi connectivity index (χ2v) is 4.60. The van der Waals surface area contributed by atoms with Gasteiger partial charge in [-0.15, -0.1) is 0 Å². The molecule has 0 aromatic carbocycles. The van der Waals surface area contributed by atoms with E-state index >= 15 is 0 Å². The van der Waals surface area contributed by atoms with Gasteiger partial charge in [-0.1, -0.05) is 0 Å². The van der Waals surface area contributed by atoms with Crippen molar-refractivity contribution in [1.82, 2.24) is 30.2 Å². The van der Waals surface area contributed by atoms with E-state index in [1.807, 2.05) is 12.3 Å². The van der Waals surface area contributed by atoms with Crippen LogP contribution in [0, 0.1) is 6.92 Å². The molecule has 0 radical (unpaired) electrons. The summed E-state index contributed by atoms with van der Waals surface area (Å²) in [6, 6.07) is 3.49. The predicted octanol–water partition coefficient (Wildman–Crippen LogP) is -0.529. The van der Waals surface area contributed by atoms with Crippen LogP contribution in [0.25, 0.3) is 0 Å². The molecule has 0 aliphatic rings. The normalized spacial score (nSPS) is 10.4. The van der Waals surface area contributed by atoms with Gasteiger partial charge in [0.25, 0.3) is 5.91 Å². The van der Waals surface area contributed by atoms with Crippen molar-refractivity contribution in [3.8, 4) is 0 Å². The zero-order valence-electron chi connectivity index (χ0n) is 12.0. The summed E-state index contributed by atoms with van der Waals surface area (Å²) in [4.78, 5) is 23.5. The molecule has 0 saturated heterocycles. The van der Waals surface area contributed by atoms with Crippen LogP contribution < -0.4 is 10.6 Å². The minimum Gasteiger partial charge on any atom is -0.353 e. The van der Waals surface area contributed by atoms with Gasteiger partial charge >= 0.3 is 0 Å². The molecule has 0 saturated carbocycles. The zero-order valence-corrected chi connectivity index (χ0v) is 12.0. The molecule has 0 unspecified atom stereocenters. The molecule has 0 fully saturated rings. The highest BCUT2D eigenvalue weighted by molar-refractivity contribution is 5.95. The number of amides is 2. The largest absolute Gasteiger partial charge is 0.353 e. The van der Waals surface area contributed by atoms with Crippen molar-refractivity contribution >= 4 is 11.8 Å². The predicted molar refractivity (Wildman–Crippen MR) is 75.5 cm³/mol. The van der Waals surface area contributed by atoms with Crippen LogP contribution in [-0.2, 0) is 18.4 Å². The Kier molecular flexibility index (Phi) is 4.70. The number of hydrogen-bond donors (Lipinski definition) is 2. The number of carbonyl (C=O) groups excluding carboxylic acids is 2. The van der Waals surface area contributed by atoms with Crippen molar-refractivity contribution in [1.29, 1.82) is 0 Å². The summed E-state index contributed by atoms with van der Waals surface area (Å²) >= 11 is 0. The van der Waals surface area contributed by atoms with Gasteiger partial charge in [-0.3, -0.25) is 19.0 Å². The maximum absolute atomic E-state index is 11.9. The van der Waals surface area contributed by atoms with E-state index in [-0.39, 0.29) is 18.4 Å². The van der Waals surface area contributed by atoms with Gasteiger partial charge in [0.05, 0.1) is 18.8 Å². The highest BCUT2D eigenvalue weighted by Gasteiger charge is 2.12. The number of aryl methyl sites for hydroxylation is 2. The molecule has 2 aromatic rings. The lowest BCUT2D eigenvalue weighted by Gasteiger charge is -2.07. The Morgan fingerprint density at radius 3 is 2.76 bits per heavy atom. The molecular weight excluding hydrogens is 272 g/mol. The smallest absolute Gasteiger partial charge is 0.269 e. The minimum atomic E-state index is -0.319. The Bertz CT molecular complexity index is 617. The monoisotopic (exact) mass is 290 g/mol. The Balaban J connectivity index is 1.71. The van der Waals surface area contributed by atoms with Gasteiger partial charge in [-0.25, -0.2) is 0 Å². The minimum absolute atomic E-state index is 0.0673. The topological polar surface area (TPSA) is 93.8 Å². The van der Waals surface area contributed by atoms with E-state index < -0.39 is 0 Å². The summed E-state index contributed by atoms with van der Waals surface area (Å²) in [7, 11) is 1.69. The van der Waals surface area contributed by atoms with E-state index in [4.69, 9.17) is 0 Å². The van der Waals surface area contributed by atoms with Crippen LogP contribution >= 0.6 is 0 Å². The molecule has 0 aliphatic heterocycles. The van der Waals surface area contributed by atoms with E-state index in [9.17, 15) is 9.59 Å². The molecule has 0 atom stereocenters. The van der Waals surface area contributed by atoms with Crippen molar-refractivity contribution in [2.75, 3.05) is 13.1 Å². The summed E-state index contributed by atoms with van der Waals surface area (Å²) in [5, 5.41) is 13.4. The van der Waals surface area contributed by atoms with Crippen LogP contribution in [0.4, 0.5) is 0 Å². The van der Waals surface area contributed by atoms with Crippen molar-refractivity contribution in [2.45, 2.75) is 13.5 Å². The molecule has 0 aliphatic carbocycles. The Morgan fingerprint density at radius 2 is 2.14 bits per heavy atom. The van der Waals surface area contributed by atoms with E-state index in [0.717, 1.165) is 5.69 Å². The average Bonchev–Trinajstić information content (AvgIpc) is 3.06. The summed E-state index contributed by atoms with van der Waals surface area (Å²) < 4.78 is 3.21. The third-order valence-corrected chi connectivity index (χ3v) is 2.87. The maximum Gasteiger partial charge on any atom is 0.269 e. The average molecular weight is 290 g/mol.